The van der Waals surface area contributed by atoms with Crippen molar-refractivity contribution in [2.45, 2.75) is 0 Å². The molecule has 0 spiro atoms. The average molecular weight is 355 g/mol. The van der Waals surface area contributed by atoms with Crippen LogP contribution >= 0.6 is 6.60 Å². The van der Waals surface area contributed by atoms with Gasteiger partial charge in [0.2, 0.25) is 0 Å². The molecule has 0 aliphatic heterocycles. The summed E-state index contributed by atoms with van der Waals surface area (Å²) >= 11 is 0. The molecule has 0 saturated heterocycles. The number of pyridine rings is 1. The molecule has 0 aliphatic rings. The van der Waals surface area contributed by atoms with E-state index in [9.17, 15) is 0 Å². The van der Waals surface area contributed by atoms with E-state index in [-0.39, 0.29) is 0 Å². The molecule has 128 valence electrons. The Morgan fingerprint density at radius 1 is 0.500 bits per heavy atom. The van der Waals surface area contributed by atoms with Crippen LogP contribution in [0.25, 0.3) is 0 Å². The predicted octanol–water partition coefficient (Wildman–Crippen LogP) is 3.87. The number of hydrogen-bond acceptors (Lipinski definition) is 1. The number of aromatic nitrogens is 1. The van der Waals surface area contributed by atoms with Gasteiger partial charge in [-0.05, 0) is 0 Å². The molecule has 0 radical (unpaired) electrons. The Balaban J connectivity index is 2.23. The molecule has 0 N–H and O–H groups in total. The van der Waals surface area contributed by atoms with E-state index in [4.69, 9.17) is 0 Å². The Labute approximate surface area is 155 Å². The number of rotatable bonds is 4. The van der Waals surface area contributed by atoms with Gasteiger partial charge in [-0.15, -0.1) is 0 Å². The van der Waals surface area contributed by atoms with Crippen molar-refractivity contribution in [3.05, 3.63) is 116 Å². The third-order valence-corrected chi connectivity index (χ3v) is 11.8. The van der Waals surface area contributed by atoms with Gasteiger partial charge in [0.15, 0.2) is 0 Å². The first-order valence-corrected chi connectivity index (χ1v) is 11.5. The van der Waals surface area contributed by atoms with Crippen molar-refractivity contribution in [1.29, 1.82) is 0 Å². The van der Waals surface area contributed by atoms with Gasteiger partial charge in [-0.3, -0.25) is 0 Å². The third kappa shape index (κ3) is 2.32. The second-order valence-corrected chi connectivity index (χ2v) is 12.0. The minimum atomic E-state index is -2.88. The molecule has 26 heavy (non-hydrogen) atoms. The summed E-state index contributed by atoms with van der Waals surface area (Å²) in [6, 6.07) is 37.0. The van der Waals surface area contributed by atoms with Gasteiger partial charge in [-0.2, -0.15) is 0 Å². The molecule has 4 aromatic rings. The molecule has 1 nitrogen and oxygen atoms in total. The zero-order chi connectivity index (χ0) is 17.9. The van der Waals surface area contributed by atoms with Crippen molar-refractivity contribution in [3.63, 3.8) is 0 Å². The summed E-state index contributed by atoms with van der Waals surface area (Å²) in [4.78, 5) is 4.50. The fourth-order valence-corrected chi connectivity index (χ4v) is 9.34. The first-order valence-electron chi connectivity index (χ1n) is 8.83. The van der Waals surface area contributed by atoms with Crippen LogP contribution in [0, 0.1) is 0 Å². The van der Waals surface area contributed by atoms with Crippen molar-refractivity contribution in [3.8, 4) is 0 Å². The number of hydrogen-bond donors (Lipinski definition) is 0. The standard InChI is InChI=1S/C24H22NP/c1-26(21-12-5-2-6-13-21,22-14-7-3-8-15-22,23-16-9-4-10-17-23)24-18-11-19-25-20-24/h2-20H,1H3. The zero-order valence-corrected chi connectivity index (χ0v) is 15.8. The Hall–Kier alpha value is -2.76. The summed E-state index contributed by atoms with van der Waals surface area (Å²) in [6.07, 6.45) is 3.90. The molecule has 0 unspecified atom stereocenters. The van der Waals surface area contributed by atoms with Crippen LogP contribution in [-0.2, 0) is 0 Å². The SMILES string of the molecule is CP(c1ccccc1)(c1ccccc1)(c1ccccc1)c1cccnc1. The van der Waals surface area contributed by atoms with Crippen LogP contribution in [0.1, 0.15) is 0 Å². The molecular weight excluding hydrogens is 333 g/mol. The Morgan fingerprint density at radius 3 is 1.23 bits per heavy atom. The van der Waals surface area contributed by atoms with E-state index in [1.54, 1.807) is 0 Å². The second-order valence-electron chi connectivity index (χ2n) is 6.78. The topological polar surface area (TPSA) is 12.9 Å². The maximum absolute atomic E-state index is 4.50. The first kappa shape index (κ1) is 16.7. The van der Waals surface area contributed by atoms with Gasteiger partial charge >= 0.3 is 155 Å². The maximum atomic E-state index is 4.50. The van der Waals surface area contributed by atoms with E-state index in [2.05, 4.69) is 115 Å². The Kier molecular flexibility index (Phi) is 4.18. The van der Waals surface area contributed by atoms with Crippen molar-refractivity contribution >= 4 is 27.8 Å². The molecule has 4 rings (SSSR count). The summed E-state index contributed by atoms with van der Waals surface area (Å²) in [5.41, 5.74) is 0. The quantitative estimate of drug-likeness (QED) is 0.507. The van der Waals surface area contributed by atoms with Crippen LogP contribution in [0.2, 0.25) is 0 Å². The van der Waals surface area contributed by atoms with E-state index in [0.29, 0.717) is 0 Å². The molecule has 0 fully saturated rings. The average Bonchev–Trinajstić information content (AvgIpc) is 2.76. The van der Waals surface area contributed by atoms with Crippen LogP contribution in [0.3, 0.4) is 0 Å². The van der Waals surface area contributed by atoms with Gasteiger partial charge in [0, 0.05) is 0 Å². The van der Waals surface area contributed by atoms with Crippen molar-refractivity contribution < 1.29 is 0 Å². The summed E-state index contributed by atoms with van der Waals surface area (Å²) in [7, 11) is 0. The molecular formula is C24H22NP. The molecule has 1 heterocycles. The number of benzene rings is 3. The first-order chi connectivity index (χ1) is 12.7. The second kappa shape index (κ2) is 6.52. The van der Waals surface area contributed by atoms with Gasteiger partial charge < -0.3 is 0 Å². The third-order valence-electron chi connectivity index (χ3n) is 5.50. The van der Waals surface area contributed by atoms with Crippen molar-refractivity contribution in [2.75, 3.05) is 6.66 Å². The zero-order valence-electron chi connectivity index (χ0n) is 14.9. The molecule has 0 aliphatic carbocycles. The van der Waals surface area contributed by atoms with Gasteiger partial charge in [0.05, 0.1) is 0 Å². The van der Waals surface area contributed by atoms with Crippen molar-refractivity contribution in [2.24, 2.45) is 0 Å². The van der Waals surface area contributed by atoms with Crippen LogP contribution in [0.15, 0.2) is 116 Å². The molecule has 0 saturated carbocycles. The van der Waals surface area contributed by atoms with E-state index in [1.165, 1.54) is 21.2 Å². The fourth-order valence-electron chi connectivity index (χ4n) is 3.98. The van der Waals surface area contributed by atoms with Gasteiger partial charge in [-0.1, -0.05) is 0 Å². The van der Waals surface area contributed by atoms with Crippen LogP contribution in [0.5, 0.6) is 0 Å². The predicted molar refractivity (Wildman–Crippen MR) is 115 cm³/mol. The van der Waals surface area contributed by atoms with Crippen molar-refractivity contribution in [1.82, 2.24) is 4.98 Å². The van der Waals surface area contributed by atoms with Gasteiger partial charge in [0.1, 0.15) is 0 Å². The van der Waals surface area contributed by atoms with E-state index < -0.39 is 6.60 Å². The molecule has 0 amide bonds. The molecule has 0 bridgehead atoms. The van der Waals surface area contributed by atoms with Gasteiger partial charge in [0.25, 0.3) is 0 Å². The van der Waals surface area contributed by atoms with Crippen LogP contribution < -0.4 is 21.2 Å². The Bertz CT molecular complexity index is 814. The van der Waals surface area contributed by atoms with Crippen LogP contribution in [-0.4, -0.2) is 11.6 Å². The van der Waals surface area contributed by atoms with E-state index in [1.807, 2.05) is 12.4 Å². The molecule has 3 aromatic carbocycles. The summed E-state index contributed by atoms with van der Waals surface area (Å²) in [5.74, 6) is 0. The monoisotopic (exact) mass is 355 g/mol. The normalized spacial score (nSPS) is 12.9. The summed E-state index contributed by atoms with van der Waals surface area (Å²) in [5, 5.41) is 5.33. The summed E-state index contributed by atoms with van der Waals surface area (Å²) < 4.78 is 0. The summed E-state index contributed by atoms with van der Waals surface area (Å²) in [6.45, 7) is -0.432. The molecule has 2 heteroatoms. The molecule has 0 atom stereocenters. The molecule has 1 aromatic heterocycles. The minimum absolute atomic E-state index is 1.28. The fraction of sp³-hybridized carbons (Fsp3) is 0.0417. The van der Waals surface area contributed by atoms with E-state index >= 15 is 0 Å². The van der Waals surface area contributed by atoms with E-state index in [0.717, 1.165) is 0 Å². The van der Waals surface area contributed by atoms with Crippen LogP contribution in [0.4, 0.5) is 0 Å². The number of nitrogens with zero attached hydrogens (tertiary/aromatic N) is 1. The van der Waals surface area contributed by atoms with Gasteiger partial charge in [-0.25, -0.2) is 0 Å². The Morgan fingerprint density at radius 2 is 0.885 bits per heavy atom.